The van der Waals surface area contributed by atoms with Crippen LogP contribution in [0.1, 0.15) is 48.6 Å². The van der Waals surface area contributed by atoms with E-state index in [9.17, 15) is 9.59 Å². The highest BCUT2D eigenvalue weighted by Crippen LogP contribution is 2.26. The van der Waals surface area contributed by atoms with Gasteiger partial charge in [-0.1, -0.05) is 44.2 Å². The summed E-state index contributed by atoms with van der Waals surface area (Å²) in [5, 5.41) is 3.09. The molecule has 144 valence electrons. The lowest BCUT2D eigenvalue weighted by molar-refractivity contribution is -0.126. The maximum absolute atomic E-state index is 13.0. The van der Waals surface area contributed by atoms with E-state index in [2.05, 4.69) is 15.3 Å². The molecule has 2 aromatic carbocycles. The number of H-pyrrole nitrogens is 1. The number of fused-ring (bicyclic) bond motifs is 2. The maximum Gasteiger partial charge on any atom is 0.255 e. The fraction of sp³-hybridized carbons (Fsp3) is 0.318. The fourth-order valence-electron chi connectivity index (χ4n) is 3.68. The quantitative estimate of drug-likeness (QED) is 0.716. The Morgan fingerprint density at radius 1 is 1.11 bits per heavy atom. The van der Waals surface area contributed by atoms with Gasteiger partial charge in [0, 0.05) is 12.1 Å². The number of nitrogens with one attached hydrogen (secondary N) is 2. The average Bonchev–Trinajstić information content (AvgIpc) is 3.26. The molecular formula is C22H24N4O2. The molecule has 0 fully saturated rings. The van der Waals surface area contributed by atoms with Gasteiger partial charge in [0.2, 0.25) is 5.91 Å². The van der Waals surface area contributed by atoms with E-state index in [1.165, 1.54) is 0 Å². The van der Waals surface area contributed by atoms with Gasteiger partial charge in [0.25, 0.3) is 5.91 Å². The summed E-state index contributed by atoms with van der Waals surface area (Å²) in [7, 11) is 0. The Kier molecular flexibility index (Phi) is 4.63. The van der Waals surface area contributed by atoms with E-state index < -0.39 is 6.04 Å². The van der Waals surface area contributed by atoms with Crippen LogP contribution in [-0.4, -0.2) is 32.7 Å². The number of rotatable bonds is 5. The predicted molar refractivity (Wildman–Crippen MR) is 108 cm³/mol. The highest BCUT2D eigenvalue weighted by molar-refractivity contribution is 6.01. The van der Waals surface area contributed by atoms with E-state index in [0.717, 1.165) is 22.4 Å². The molecule has 1 aliphatic rings. The topological polar surface area (TPSA) is 78.1 Å². The molecule has 2 heterocycles. The lowest BCUT2D eigenvalue weighted by atomic mass is 10.0. The largest absolute Gasteiger partial charge is 0.344 e. The predicted octanol–water partition coefficient (Wildman–Crippen LogP) is 3.42. The van der Waals surface area contributed by atoms with Crippen molar-refractivity contribution in [2.24, 2.45) is 5.92 Å². The van der Waals surface area contributed by atoms with Gasteiger partial charge in [0.15, 0.2) is 0 Å². The smallest absolute Gasteiger partial charge is 0.255 e. The molecule has 0 saturated carbocycles. The monoisotopic (exact) mass is 376 g/mol. The van der Waals surface area contributed by atoms with Crippen LogP contribution < -0.4 is 5.32 Å². The number of benzene rings is 2. The summed E-state index contributed by atoms with van der Waals surface area (Å²) >= 11 is 0. The molecule has 1 aliphatic heterocycles. The van der Waals surface area contributed by atoms with Gasteiger partial charge >= 0.3 is 0 Å². The van der Waals surface area contributed by atoms with E-state index in [1.807, 2.05) is 62.4 Å². The molecule has 0 aliphatic carbocycles. The first-order valence-electron chi connectivity index (χ1n) is 9.59. The summed E-state index contributed by atoms with van der Waals surface area (Å²) in [4.78, 5) is 35.2. The normalized spacial score (nSPS) is 15.7. The van der Waals surface area contributed by atoms with Gasteiger partial charge in [-0.25, -0.2) is 4.98 Å². The summed E-state index contributed by atoms with van der Waals surface area (Å²) in [5.41, 5.74) is 3.45. The SMILES string of the molecule is CC(C)[C@H](NC(=O)[C@@H](C)N1Cc2ccccc2C1=O)c1nc2ccccc2[nH]1. The molecule has 28 heavy (non-hydrogen) atoms. The minimum absolute atomic E-state index is 0.0944. The third-order valence-corrected chi connectivity index (χ3v) is 5.36. The van der Waals surface area contributed by atoms with Crippen LogP contribution in [0.15, 0.2) is 48.5 Å². The average molecular weight is 376 g/mol. The van der Waals surface area contributed by atoms with Gasteiger partial charge < -0.3 is 15.2 Å². The van der Waals surface area contributed by atoms with E-state index in [1.54, 1.807) is 11.8 Å². The van der Waals surface area contributed by atoms with Crippen molar-refractivity contribution in [2.45, 2.75) is 39.4 Å². The summed E-state index contributed by atoms with van der Waals surface area (Å²) in [6.45, 7) is 6.31. The Balaban J connectivity index is 1.53. The number of aromatic amines is 1. The number of aromatic nitrogens is 2. The summed E-state index contributed by atoms with van der Waals surface area (Å²) in [5.74, 6) is 0.597. The number of imidazole rings is 1. The third-order valence-electron chi connectivity index (χ3n) is 5.36. The van der Waals surface area contributed by atoms with Crippen molar-refractivity contribution >= 4 is 22.8 Å². The number of carbonyl (C=O) groups excluding carboxylic acids is 2. The molecule has 2 amide bonds. The van der Waals surface area contributed by atoms with Crippen molar-refractivity contribution in [1.29, 1.82) is 0 Å². The number of amides is 2. The van der Waals surface area contributed by atoms with Crippen LogP contribution in [0.2, 0.25) is 0 Å². The zero-order chi connectivity index (χ0) is 19.8. The van der Waals surface area contributed by atoms with Crippen molar-refractivity contribution in [3.05, 3.63) is 65.5 Å². The van der Waals surface area contributed by atoms with Gasteiger partial charge in [-0.2, -0.15) is 0 Å². The first kappa shape index (κ1) is 18.2. The van der Waals surface area contributed by atoms with Gasteiger partial charge in [-0.05, 0) is 36.6 Å². The first-order chi connectivity index (χ1) is 13.5. The van der Waals surface area contributed by atoms with E-state index in [-0.39, 0.29) is 23.8 Å². The minimum atomic E-state index is -0.564. The maximum atomic E-state index is 13.0. The molecule has 0 saturated heterocycles. The molecule has 2 atom stereocenters. The second-order valence-electron chi connectivity index (χ2n) is 7.64. The number of para-hydroxylation sites is 2. The van der Waals surface area contributed by atoms with E-state index >= 15 is 0 Å². The molecule has 0 spiro atoms. The van der Waals surface area contributed by atoms with Gasteiger partial charge in [-0.15, -0.1) is 0 Å². The van der Waals surface area contributed by atoms with Crippen LogP contribution in [0.25, 0.3) is 11.0 Å². The summed E-state index contributed by atoms with van der Waals surface area (Å²) in [6, 6.07) is 14.5. The van der Waals surface area contributed by atoms with Crippen LogP contribution in [-0.2, 0) is 11.3 Å². The van der Waals surface area contributed by atoms with Gasteiger partial charge in [0.1, 0.15) is 11.9 Å². The molecule has 0 bridgehead atoms. The lowest BCUT2D eigenvalue weighted by Crippen LogP contribution is -2.47. The zero-order valence-electron chi connectivity index (χ0n) is 16.3. The highest BCUT2D eigenvalue weighted by Gasteiger charge is 2.35. The number of hydrogen-bond acceptors (Lipinski definition) is 3. The molecule has 6 heteroatoms. The van der Waals surface area contributed by atoms with Crippen molar-refractivity contribution in [3.8, 4) is 0 Å². The Hall–Kier alpha value is -3.15. The lowest BCUT2D eigenvalue weighted by Gasteiger charge is -2.27. The van der Waals surface area contributed by atoms with Crippen LogP contribution in [0, 0.1) is 5.92 Å². The van der Waals surface area contributed by atoms with Gasteiger partial charge in [0.05, 0.1) is 17.1 Å². The second-order valence-corrected chi connectivity index (χ2v) is 7.64. The van der Waals surface area contributed by atoms with Crippen LogP contribution >= 0.6 is 0 Å². The molecular weight excluding hydrogens is 352 g/mol. The Labute approximate surface area is 164 Å². The summed E-state index contributed by atoms with van der Waals surface area (Å²) in [6.07, 6.45) is 0. The molecule has 0 radical (unpaired) electrons. The Morgan fingerprint density at radius 2 is 1.82 bits per heavy atom. The van der Waals surface area contributed by atoms with Crippen molar-refractivity contribution < 1.29 is 9.59 Å². The third kappa shape index (κ3) is 3.15. The zero-order valence-corrected chi connectivity index (χ0v) is 16.3. The molecule has 1 aromatic heterocycles. The molecule has 3 aromatic rings. The van der Waals surface area contributed by atoms with Gasteiger partial charge in [-0.3, -0.25) is 9.59 Å². The van der Waals surface area contributed by atoms with Crippen LogP contribution in [0.4, 0.5) is 0 Å². The van der Waals surface area contributed by atoms with Crippen LogP contribution in [0.3, 0.4) is 0 Å². The van der Waals surface area contributed by atoms with Crippen LogP contribution in [0.5, 0.6) is 0 Å². The van der Waals surface area contributed by atoms with Crippen molar-refractivity contribution in [3.63, 3.8) is 0 Å². The summed E-state index contributed by atoms with van der Waals surface area (Å²) < 4.78 is 0. The number of nitrogens with zero attached hydrogens (tertiary/aromatic N) is 2. The second kappa shape index (κ2) is 7.11. The van der Waals surface area contributed by atoms with E-state index in [0.29, 0.717) is 12.1 Å². The fourth-order valence-corrected chi connectivity index (χ4v) is 3.68. The molecule has 4 rings (SSSR count). The Bertz CT molecular complexity index is 1010. The highest BCUT2D eigenvalue weighted by atomic mass is 16.2. The van der Waals surface area contributed by atoms with E-state index in [4.69, 9.17) is 0 Å². The molecule has 0 unspecified atom stereocenters. The standard InChI is InChI=1S/C22H24N4O2/c1-13(2)19(20-23-17-10-6-7-11-18(17)24-20)25-21(27)14(3)26-12-15-8-4-5-9-16(15)22(26)28/h4-11,13-14,19H,12H2,1-3H3,(H,23,24)(H,25,27)/t14-,19+/m1/s1. The first-order valence-corrected chi connectivity index (χ1v) is 9.59. The van der Waals surface area contributed by atoms with Crippen molar-refractivity contribution in [2.75, 3.05) is 0 Å². The molecule has 6 nitrogen and oxygen atoms in total. The number of carbonyl (C=O) groups is 2. The van der Waals surface area contributed by atoms with Crippen molar-refractivity contribution in [1.82, 2.24) is 20.2 Å². The number of hydrogen-bond donors (Lipinski definition) is 2. The Morgan fingerprint density at radius 3 is 2.54 bits per heavy atom. The minimum Gasteiger partial charge on any atom is -0.344 e. The molecule has 2 N–H and O–H groups in total.